The molecular weight excluding hydrogens is 266 g/mol. The Balaban J connectivity index is 2.72. The molecule has 18 heavy (non-hydrogen) atoms. The first kappa shape index (κ1) is 15.0. The van der Waals surface area contributed by atoms with Gasteiger partial charge in [-0.15, -0.1) is 11.3 Å². The average Bonchev–Trinajstić information content (AvgIpc) is 2.63. The van der Waals surface area contributed by atoms with E-state index in [9.17, 15) is 4.79 Å². The second kappa shape index (κ2) is 6.24. The van der Waals surface area contributed by atoms with Crippen LogP contribution in [0, 0.1) is 18.8 Å². The summed E-state index contributed by atoms with van der Waals surface area (Å²) < 4.78 is 0. The molecule has 2 atom stereocenters. The van der Waals surface area contributed by atoms with E-state index < -0.39 is 5.92 Å². The minimum atomic E-state index is -0.427. The predicted octanol–water partition coefficient (Wildman–Crippen LogP) is 2.19. The third-order valence-corrected chi connectivity index (χ3v) is 3.97. The molecule has 4 nitrogen and oxygen atoms in total. The number of aryl methyl sites for hydroxylation is 1. The first-order valence-corrected chi connectivity index (χ1v) is 7.07. The van der Waals surface area contributed by atoms with Gasteiger partial charge in [0, 0.05) is 11.1 Å². The van der Waals surface area contributed by atoms with Gasteiger partial charge in [0.1, 0.15) is 5.01 Å². The third kappa shape index (κ3) is 3.74. The lowest BCUT2D eigenvalue weighted by molar-refractivity contribution is -0.124. The number of rotatable bonds is 5. The van der Waals surface area contributed by atoms with E-state index in [4.69, 9.17) is 18.0 Å². The van der Waals surface area contributed by atoms with Crippen LogP contribution in [0.3, 0.4) is 0 Å². The van der Waals surface area contributed by atoms with Crippen LogP contribution in [0.1, 0.15) is 36.7 Å². The first-order valence-electron chi connectivity index (χ1n) is 5.85. The van der Waals surface area contributed by atoms with Gasteiger partial charge in [-0.3, -0.25) is 4.79 Å². The van der Waals surface area contributed by atoms with Crippen LogP contribution < -0.4 is 11.1 Å². The molecule has 1 aromatic rings. The van der Waals surface area contributed by atoms with Crippen LogP contribution in [0.25, 0.3) is 0 Å². The van der Waals surface area contributed by atoms with Crippen molar-refractivity contribution >= 4 is 34.5 Å². The zero-order valence-corrected chi connectivity index (χ0v) is 12.7. The second-order valence-electron chi connectivity index (χ2n) is 4.66. The number of carbonyl (C=O) groups excluding carboxylic acids is 1. The molecular formula is C12H19N3OS2. The van der Waals surface area contributed by atoms with Gasteiger partial charge in [0.25, 0.3) is 0 Å². The molecule has 6 heteroatoms. The van der Waals surface area contributed by atoms with Crippen molar-refractivity contribution < 1.29 is 4.79 Å². The van der Waals surface area contributed by atoms with Gasteiger partial charge in [0.2, 0.25) is 5.91 Å². The number of thiazole rings is 1. The molecule has 1 heterocycles. The molecule has 1 aromatic heterocycles. The van der Waals surface area contributed by atoms with Crippen molar-refractivity contribution in [1.29, 1.82) is 0 Å². The van der Waals surface area contributed by atoms with Gasteiger partial charge in [-0.05, 0) is 19.8 Å². The smallest absolute Gasteiger partial charge is 0.230 e. The van der Waals surface area contributed by atoms with Crippen molar-refractivity contribution in [3.8, 4) is 0 Å². The highest BCUT2D eigenvalue weighted by Gasteiger charge is 2.26. The molecule has 3 N–H and O–H groups in total. The first-order chi connectivity index (χ1) is 8.32. The number of hydrogen-bond donors (Lipinski definition) is 2. The molecule has 0 aliphatic rings. The summed E-state index contributed by atoms with van der Waals surface area (Å²) in [6, 6.07) is -0.119. The lowest BCUT2D eigenvalue weighted by atomic mass is 9.95. The number of amides is 1. The lowest BCUT2D eigenvalue weighted by Crippen LogP contribution is -2.41. The fourth-order valence-electron chi connectivity index (χ4n) is 1.70. The van der Waals surface area contributed by atoms with Crippen LogP contribution in [-0.2, 0) is 4.79 Å². The van der Waals surface area contributed by atoms with Gasteiger partial charge in [-0.1, -0.05) is 26.1 Å². The maximum Gasteiger partial charge on any atom is 0.230 e. The maximum absolute atomic E-state index is 12.1. The molecule has 0 aromatic carbocycles. The van der Waals surface area contributed by atoms with Crippen molar-refractivity contribution in [1.82, 2.24) is 10.3 Å². The fourth-order valence-corrected chi connectivity index (χ4v) is 2.85. The van der Waals surface area contributed by atoms with Gasteiger partial charge in [0.15, 0.2) is 0 Å². The average molecular weight is 285 g/mol. The van der Waals surface area contributed by atoms with Gasteiger partial charge in [0.05, 0.1) is 16.9 Å². The lowest BCUT2D eigenvalue weighted by Gasteiger charge is -2.21. The molecule has 0 fully saturated rings. The fraction of sp³-hybridized carbons (Fsp3) is 0.583. The number of nitrogens with one attached hydrogen (secondary N) is 1. The minimum Gasteiger partial charge on any atom is -0.393 e. The summed E-state index contributed by atoms with van der Waals surface area (Å²) in [5, 5.41) is 3.81. The topological polar surface area (TPSA) is 68.0 Å². The van der Waals surface area contributed by atoms with E-state index in [1.807, 2.05) is 27.7 Å². The Labute approximate surface area is 117 Å². The second-order valence-corrected chi connectivity index (χ2v) is 6.40. The zero-order valence-electron chi connectivity index (χ0n) is 11.1. The van der Waals surface area contributed by atoms with E-state index in [1.165, 1.54) is 0 Å². The monoisotopic (exact) mass is 285 g/mol. The number of nitrogens with two attached hydrogens (primary N) is 1. The summed E-state index contributed by atoms with van der Waals surface area (Å²) in [5.41, 5.74) is 5.61. The zero-order chi connectivity index (χ0) is 13.9. The van der Waals surface area contributed by atoms with E-state index >= 15 is 0 Å². The predicted molar refractivity (Wildman–Crippen MR) is 78.5 cm³/mol. The van der Waals surface area contributed by atoms with E-state index in [2.05, 4.69) is 10.3 Å². The largest absolute Gasteiger partial charge is 0.393 e. The van der Waals surface area contributed by atoms with E-state index in [-0.39, 0.29) is 22.9 Å². The van der Waals surface area contributed by atoms with Gasteiger partial charge >= 0.3 is 0 Å². The highest BCUT2D eigenvalue weighted by atomic mass is 32.1. The highest BCUT2D eigenvalue weighted by Crippen LogP contribution is 2.20. The maximum atomic E-state index is 12.1. The van der Waals surface area contributed by atoms with Crippen LogP contribution in [-0.4, -0.2) is 15.9 Å². The van der Waals surface area contributed by atoms with Crippen LogP contribution >= 0.6 is 23.6 Å². The Bertz CT molecular complexity index is 442. The molecule has 0 aliphatic carbocycles. The van der Waals surface area contributed by atoms with Crippen molar-refractivity contribution in [3.05, 3.63) is 16.1 Å². The molecule has 0 spiro atoms. The van der Waals surface area contributed by atoms with Crippen LogP contribution in [0.5, 0.6) is 0 Å². The van der Waals surface area contributed by atoms with Crippen molar-refractivity contribution in [2.75, 3.05) is 0 Å². The summed E-state index contributed by atoms with van der Waals surface area (Å²) in [4.78, 5) is 17.7. The van der Waals surface area contributed by atoms with Crippen LogP contribution in [0.15, 0.2) is 6.20 Å². The molecule has 0 saturated carbocycles. The van der Waals surface area contributed by atoms with Gasteiger partial charge in [-0.2, -0.15) is 0 Å². The molecule has 0 saturated heterocycles. The highest BCUT2D eigenvalue weighted by molar-refractivity contribution is 7.80. The van der Waals surface area contributed by atoms with Crippen molar-refractivity contribution in [2.24, 2.45) is 17.6 Å². The molecule has 0 bridgehead atoms. The third-order valence-electron chi connectivity index (χ3n) is 2.62. The Morgan fingerprint density at radius 1 is 1.50 bits per heavy atom. The Hall–Kier alpha value is -1.01. The SMILES string of the molecule is Cc1cnc(C(C)NC(=O)C(C(N)=S)C(C)C)s1. The molecule has 0 radical (unpaired) electrons. The Morgan fingerprint density at radius 2 is 2.11 bits per heavy atom. The van der Waals surface area contributed by atoms with Crippen LogP contribution in [0.2, 0.25) is 0 Å². The molecule has 2 unspecified atom stereocenters. The number of aromatic nitrogens is 1. The van der Waals surface area contributed by atoms with Gasteiger partial charge < -0.3 is 11.1 Å². The minimum absolute atomic E-state index is 0.0905. The quantitative estimate of drug-likeness (QED) is 0.814. The van der Waals surface area contributed by atoms with E-state index in [0.717, 1.165) is 9.88 Å². The summed E-state index contributed by atoms with van der Waals surface area (Å²) in [5.74, 6) is -0.464. The van der Waals surface area contributed by atoms with E-state index in [0.29, 0.717) is 0 Å². The van der Waals surface area contributed by atoms with Gasteiger partial charge in [-0.25, -0.2) is 4.98 Å². The normalized spacial score (nSPS) is 14.3. The molecule has 1 rings (SSSR count). The van der Waals surface area contributed by atoms with Crippen LogP contribution in [0.4, 0.5) is 0 Å². The number of hydrogen-bond acceptors (Lipinski definition) is 4. The summed E-state index contributed by atoms with van der Waals surface area (Å²) in [6.45, 7) is 7.76. The van der Waals surface area contributed by atoms with Crippen molar-refractivity contribution in [3.63, 3.8) is 0 Å². The summed E-state index contributed by atoms with van der Waals surface area (Å²) in [6.07, 6.45) is 1.80. The summed E-state index contributed by atoms with van der Waals surface area (Å²) in [7, 11) is 0. The molecule has 0 aliphatic heterocycles. The number of thiocarbonyl (C=S) groups is 1. The molecule has 1 amide bonds. The number of nitrogens with zero attached hydrogens (tertiary/aromatic N) is 1. The molecule has 100 valence electrons. The van der Waals surface area contributed by atoms with E-state index in [1.54, 1.807) is 17.5 Å². The standard InChI is InChI=1S/C12H19N3OS2/c1-6(2)9(10(13)17)11(16)15-8(4)12-14-5-7(3)18-12/h5-6,8-9H,1-4H3,(H2,13,17)(H,15,16). The van der Waals surface area contributed by atoms with Crippen molar-refractivity contribution in [2.45, 2.75) is 33.7 Å². The number of carbonyl (C=O) groups is 1. The summed E-state index contributed by atoms with van der Waals surface area (Å²) >= 11 is 6.52. The Kier molecular flexibility index (Phi) is 5.22. The Morgan fingerprint density at radius 3 is 2.50 bits per heavy atom.